The molecule has 0 saturated heterocycles. The number of benzene rings is 1. The Labute approximate surface area is 115 Å². The van der Waals surface area contributed by atoms with Gasteiger partial charge in [0.05, 0.1) is 0 Å². The zero-order chi connectivity index (χ0) is 14.0. The molecule has 0 aliphatic heterocycles. The lowest BCUT2D eigenvalue weighted by Gasteiger charge is -2.16. The van der Waals surface area contributed by atoms with Crippen molar-refractivity contribution in [2.24, 2.45) is 5.73 Å². The minimum atomic E-state index is -0.564. The maximum Gasteiger partial charge on any atom is 0.255 e. The van der Waals surface area contributed by atoms with Gasteiger partial charge < -0.3 is 16.8 Å². The van der Waals surface area contributed by atoms with Crippen molar-refractivity contribution in [3.63, 3.8) is 0 Å². The van der Waals surface area contributed by atoms with Gasteiger partial charge >= 0.3 is 0 Å². The third kappa shape index (κ3) is 2.68. The first-order chi connectivity index (χ1) is 9.00. The Balaban J connectivity index is 2.27. The molecule has 1 aromatic heterocycles. The number of amides is 1. The standard InChI is InChI=1S/C13H16N4OS/c1-7-5-3-4-6-9(7)8(2)16-13-10(12(15)18)11(14)17-19-13/h3-6,8,16H,1-2H3,(H2,14,17)(H2,15,18). The number of primary amides is 1. The van der Waals surface area contributed by atoms with Crippen LogP contribution in [0.2, 0.25) is 0 Å². The van der Waals surface area contributed by atoms with Gasteiger partial charge in [-0.05, 0) is 36.5 Å². The van der Waals surface area contributed by atoms with E-state index in [1.54, 1.807) is 0 Å². The number of hydrogen-bond donors (Lipinski definition) is 3. The van der Waals surface area contributed by atoms with E-state index in [9.17, 15) is 4.79 Å². The average molecular weight is 276 g/mol. The summed E-state index contributed by atoms with van der Waals surface area (Å²) in [5.41, 5.74) is 13.6. The van der Waals surface area contributed by atoms with Crippen molar-refractivity contribution in [1.29, 1.82) is 0 Å². The van der Waals surface area contributed by atoms with Gasteiger partial charge in [-0.2, -0.15) is 4.37 Å². The summed E-state index contributed by atoms with van der Waals surface area (Å²) >= 11 is 1.15. The van der Waals surface area contributed by atoms with Gasteiger partial charge in [-0.3, -0.25) is 4.79 Å². The summed E-state index contributed by atoms with van der Waals surface area (Å²) in [7, 11) is 0. The SMILES string of the molecule is Cc1ccccc1C(C)Nc1snc(N)c1C(N)=O. The van der Waals surface area contributed by atoms with Gasteiger partial charge in [-0.1, -0.05) is 24.3 Å². The number of nitrogens with two attached hydrogens (primary N) is 2. The fourth-order valence-electron chi connectivity index (χ4n) is 1.99. The topological polar surface area (TPSA) is 94.0 Å². The van der Waals surface area contributed by atoms with Gasteiger partial charge in [-0.25, -0.2) is 0 Å². The molecule has 1 unspecified atom stereocenters. The molecule has 1 atom stereocenters. The Hall–Kier alpha value is -2.08. The number of nitrogen functional groups attached to an aromatic ring is 1. The van der Waals surface area contributed by atoms with Crippen LogP contribution < -0.4 is 16.8 Å². The van der Waals surface area contributed by atoms with Crippen LogP contribution in [0.25, 0.3) is 0 Å². The molecule has 0 saturated carbocycles. The molecule has 0 radical (unpaired) electrons. The predicted molar refractivity (Wildman–Crippen MR) is 78.3 cm³/mol. The van der Waals surface area contributed by atoms with Gasteiger partial charge in [-0.15, -0.1) is 0 Å². The van der Waals surface area contributed by atoms with Crippen LogP contribution in [0.3, 0.4) is 0 Å². The monoisotopic (exact) mass is 276 g/mol. The Morgan fingerprint density at radius 3 is 2.74 bits per heavy atom. The largest absolute Gasteiger partial charge is 0.382 e. The van der Waals surface area contributed by atoms with Crippen LogP contribution in [0.15, 0.2) is 24.3 Å². The normalized spacial score (nSPS) is 12.1. The third-order valence-corrected chi connectivity index (χ3v) is 3.76. The summed E-state index contributed by atoms with van der Waals surface area (Å²) < 4.78 is 3.96. The summed E-state index contributed by atoms with van der Waals surface area (Å²) in [6.07, 6.45) is 0. The van der Waals surface area contributed by atoms with Crippen molar-refractivity contribution in [3.05, 3.63) is 41.0 Å². The molecule has 0 fully saturated rings. The Morgan fingerprint density at radius 1 is 1.42 bits per heavy atom. The molecule has 1 amide bonds. The summed E-state index contributed by atoms with van der Waals surface area (Å²) in [4.78, 5) is 11.4. The van der Waals surface area contributed by atoms with Gasteiger partial charge in [0.1, 0.15) is 10.6 Å². The average Bonchev–Trinajstić information content (AvgIpc) is 2.70. The number of anilines is 2. The highest BCUT2D eigenvalue weighted by Crippen LogP contribution is 2.30. The number of nitrogens with one attached hydrogen (secondary N) is 1. The van der Waals surface area contributed by atoms with Gasteiger partial charge in [0.15, 0.2) is 5.82 Å². The van der Waals surface area contributed by atoms with Crippen molar-refractivity contribution in [1.82, 2.24) is 4.37 Å². The second-order valence-corrected chi connectivity index (χ2v) is 5.13. The number of nitrogens with zero attached hydrogens (tertiary/aromatic N) is 1. The fourth-order valence-corrected chi connectivity index (χ4v) is 2.79. The summed E-state index contributed by atoms with van der Waals surface area (Å²) in [5, 5.41) is 3.86. The molecule has 1 heterocycles. The second-order valence-electron chi connectivity index (χ2n) is 4.36. The van der Waals surface area contributed by atoms with Crippen LogP contribution >= 0.6 is 11.5 Å². The van der Waals surface area contributed by atoms with Gasteiger partial charge in [0.25, 0.3) is 5.91 Å². The highest BCUT2D eigenvalue weighted by Gasteiger charge is 2.19. The number of carbonyl (C=O) groups is 1. The number of aryl methyl sites for hydroxylation is 1. The van der Waals surface area contributed by atoms with Gasteiger partial charge in [0, 0.05) is 6.04 Å². The van der Waals surface area contributed by atoms with E-state index in [0.29, 0.717) is 5.00 Å². The van der Waals surface area contributed by atoms with Crippen molar-refractivity contribution >= 4 is 28.3 Å². The number of aromatic nitrogens is 1. The molecule has 5 nitrogen and oxygen atoms in total. The Bertz CT molecular complexity index is 608. The molecule has 2 aromatic rings. The molecular weight excluding hydrogens is 260 g/mol. The molecule has 0 bridgehead atoms. The maximum atomic E-state index is 11.4. The molecule has 0 aliphatic rings. The Morgan fingerprint density at radius 2 is 2.11 bits per heavy atom. The van der Waals surface area contributed by atoms with E-state index in [0.717, 1.165) is 17.1 Å². The fraction of sp³-hybridized carbons (Fsp3) is 0.231. The lowest BCUT2D eigenvalue weighted by molar-refractivity contribution is 0.100. The smallest absolute Gasteiger partial charge is 0.255 e. The second kappa shape index (κ2) is 5.27. The van der Waals surface area contributed by atoms with Crippen LogP contribution in [0.5, 0.6) is 0 Å². The van der Waals surface area contributed by atoms with E-state index < -0.39 is 5.91 Å². The Kier molecular flexibility index (Phi) is 3.71. The van der Waals surface area contributed by atoms with E-state index >= 15 is 0 Å². The maximum absolute atomic E-state index is 11.4. The molecule has 5 N–H and O–H groups in total. The first-order valence-corrected chi connectivity index (χ1v) is 6.65. The third-order valence-electron chi connectivity index (χ3n) is 2.97. The number of hydrogen-bond acceptors (Lipinski definition) is 5. The van der Waals surface area contributed by atoms with E-state index in [1.807, 2.05) is 38.1 Å². The van der Waals surface area contributed by atoms with Crippen molar-refractivity contribution < 1.29 is 4.79 Å². The minimum absolute atomic E-state index is 0.0409. The van der Waals surface area contributed by atoms with Crippen LogP contribution in [0.4, 0.5) is 10.8 Å². The van der Waals surface area contributed by atoms with Crippen LogP contribution in [-0.2, 0) is 0 Å². The zero-order valence-corrected chi connectivity index (χ0v) is 11.6. The van der Waals surface area contributed by atoms with Gasteiger partial charge in [0.2, 0.25) is 0 Å². The molecule has 1 aromatic carbocycles. The summed E-state index contributed by atoms with van der Waals surface area (Å²) in [5.74, 6) is -0.386. The predicted octanol–water partition coefficient (Wildman–Crippen LogP) is 2.31. The summed E-state index contributed by atoms with van der Waals surface area (Å²) in [6.45, 7) is 4.06. The highest BCUT2D eigenvalue weighted by atomic mass is 32.1. The quantitative estimate of drug-likeness (QED) is 0.798. The molecular formula is C13H16N4OS. The molecule has 2 rings (SSSR count). The molecule has 0 spiro atoms. The minimum Gasteiger partial charge on any atom is -0.382 e. The summed E-state index contributed by atoms with van der Waals surface area (Å²) in [6, 6.07) is 8.10. The molecule has 6 heteroatoms. The van der Waals surface area contributed by atoms with Crippen molar-refractivity contribution in [3.8, 4) is 0 Å². The zero-order valence-electron chi connectivity index (χ0n) is 10.8. The molecule has 19 heavy (non-hydrogen) atoms. The van der Waals surface area contributed by atoms with Crippen molar-refractivity contribution in [2.75, 3.05) is 11.1 Å². The number of rotatable bonds is 4. The van der Waals surface area contributed by atoms with Crippen LogP contribution in [-0.4, -0.2) is 10.3 Å². The van der Waals surface area contributed by atoms with Crippen LogP contribution in [0.1, 0.15) is 34.5 Å². The van der Waals surface area contributed by atoms with E-state index in [-0.39, 0.29) is 17.4 Å². The van der Waals surface area contributed by atoms with E-state index in [1.165, 1.54) is 5.56 Å². The first kappa shape index (κ1) is 13.4. The number of carbonyl (C=O) groups excluding carboxylic acids is 1. The van der Waals surface area contributed by atoms with Crippen molar-refractivity contribution in [2.45, 2.75) is 19.9 Å². The first-order valence-electron chi connectivity index (χ1n) is 5.87. The molecule has 0 aliphatic carbocycles. The lowest BCUT2D eigenvalue weighted by Crippen LogP contribution is -2.16. The molecule has 100 valence electrons. The highest BCUT2D eigenvalue weighted by molar-refractivity contribution is 7.11. The lowest BCUT2D eigenvalue weighted by atomic mass is 10.0. The van der Waals surface area contributed by atoms with Crippen LogP contribution in [0, 0.1) is 6.92 Å². The van der Waals surface area contributed by atoms with E-state index in [4.69, 9.17) is 11.5 Å². The van der Waals surface area contributed by atoms with E-state index in [2.05, 4.69) is 9.69 Å².